The van der Waals surface area contributed by atoms with Crippen molar-refractivity contribution in [2.45, 2.75) is 38.5 Å². The lowest BCUT2D eigenvalue weighted by molar-refractivity contribution is -0.173. The largest absolute Gasteiger partial charge is 0.410 e. The predicted molar refractivity (Wildman–Crippen MR) is 109 cm³/mol. The van der Waals surface area contributed by atoms with E-state index in [9.17, 15) is 18.0 Å². The Hall–Kier alpha value is -3.29. The molecule has 2 atom stereocenters. The van der Waals surface area contributed by atoms with Crippen molar-refractivity contribution in [3.8, 4) is 0 Å². The van der Waals surface area contributed by atoms with Crippen molar-refractivity contribution in [2.75, 3.05) is 10.6 Å². The number of benzene rings is 2. The fourth-order valence-corrected chi connectivity index (χ4v) is 3.65. The molecule has 0 spiro atoms. The number of nitrogens with zero attached hydrogens (tertiary/aromatic N) is 2. The second-order valence-corrected chi connectivity index (χ2v) is 7.52. The van der Waals surface area contributed by atoms with Crippen LogP contribution in [0, 0.1) is 13.8 Å². The van der Waals surface area contributed by atoms with E-state index in [-0.39, 0.29) is 17.8 Å². The second-order valence-electron chi connectivity index (χ2n) is 7.52. The highest BCUT2D eigenvalue weighted by Gasteiger charge is 2.47. The molecule has 5 nitrogen and oxygen atoms in total. The highest BCUT2D eigenvalue weighted by atomic mass is 19.4. The fraction of sp³-hybridized carbons (Fsp3) is 0.273. The number of anilines is 2. The van der Waals surface area contributed by atoms with Crippen LogP contribution in [-0.4, -0.2) is 21.9 Å². The maximum absolute atomic E-state index is 13.8. The van der Waals surface area contributed by atoms with E-state index < -0.39 is 24.2 Å². The van der Waals surface area contributed by atoms with Gasteiger partial charge in [0.2, 0.25) is 0 Å². The maximum atomic E-state index is 13.8. The summed E-state index contributed by atoms with van der Waals surface area (Å²) in [5.74, 6) is -0.441. The van der Waals surface area contributed by atoms with Crippen molar-refractivity contribution in [3.05, 3.63) is 77.0 Å². The van der Waals surface area contributed by atoms with E-state index in [1.807, 2.05) is 38.1 Å². The Kier molecular flexibility index (Phi) is 5.01. The molecule has 0 radical (unpaired) electrons. The number of hydrogen-bond donors (Lipinski definition) is 2. The summed E-state index contributed by atoms with van der Waals surface area (Å²) in [4.78, 5) is 12.9. The molecule has 2 N–H and O–H groups in total. The highest BCUT2D eigenvalue weighted by molar-refractivity contribution is 6.07. The lowest BCUT2D eigenvalue weighted by Crippen LogP contribution is -2.36. The van der Waals surface area contributed by atoms with Crippen LogP contribution < -0.4 is 10.6 Å². The topological polar surface area (TPSA) is 59.0 Å². The van der Waals surface area contributed by atoms with Crippen molar-refractivity contribution in [2.24, 2.45) is 0 Å². The lowest BCUT2D eigenvalue weighted by atomic mass is 9.96. The number of nitrogens with one attached hydrogen (secondary N) is 2. The van der Waals surface area contributed by atoms with Gasteiger partial charge in [-0.2, -0.15) is 18.3 Å². The van der Waals surface area contributed by atoms with Crippen LogP contribution in [0.25, 0.3) is 0 Å². The molecule has 1 aromatic heterocycles. The Morgan fingerprint density at radius 2 is 1.83 bits per heavy atom. The third-order valence-corrected chi connectivity index (χ3v) is 5.36. The Labute approximate surface area is 171 Å². The minimum absolute atomic E-state index is 0.0697. The summed E-state index contributed by atoms with van der Waals surface area (Å²) in [7, 11) is 0. The molecule has 0 aliphatic carbocycles. The summed E-state index contributed by atoms with van der Waals surface area (Å²) in [6, 6.07) is 12.1. The highest BCUT2D eigenvalue weighted by Crippen LogP contribution is 2.44. The molecular formula is C22H21F3N4O. The van der Waals surface area contributed by atoms with Gasteiger partial charge in [0, 0.05) is 12.1 Å². The van der Waals surface area contributed by atoms with Crippen LogP contribution in [0.15, 0.2) is 54.7 Å². The van der Waals surface area contributed by atoms with Crippen LogP contribution in [-0.2, 0) is 0 Å². The van der Waals surface area contributed by atoms with E-state index in [0.29, 0.717) is 5.69 Å². The van der Waals surface area contributed by atoms with E-state index in [1.165, 1.54) is 6.20 Å². The zero-order chi connectivity index (χ0) is 21.5. The van der Waals surface area contributed by atoms with E-state index in [2.05, 4.69) is 15.7 Å². The molecule has 30 heavy (non-hydrogen) atoms. The average Bonchev–Trinajstić information content (AvgIpc) is 3.13. The summed E-state index contributed by atoms with van der Waals surface area (Å²) < 4.78 is 42.3. The van der Waals surface area contributed by atoms with Crippen molar-refractivity contribution in [3.63, 3.8) is 0 Å². The normalized spacial score (nSPS) is 18.4. The van der Waals surface area contributed by atoms with Crippen LogP contribution in [0.5, 0.6) is 0 Å². The van der Waals surface area contributed by atoms with Crippen molar-refractivity contribution >= 4 is 17.4 Å². The van der Waals surface area contributed by atoms with Crippen molar-refractivity contribution in [1.29, 1.82) is 0 Å². The molecule has 0 bridgehead atoms. The molecule has 1 aliphatic rings. The Balaban J connectivity index is 1.70. The van der Waals surface area contributed by atoms with E-state index in [1.54, 1.807) is 24.3 Å². The van der Waals surface area contributed by atoms with Gasteiger partial charge in [0.1, 0.15) is 11.4 Å². The van der Waals surface area contributed by atoms with Crippen LogP contribution in [0.2, 0.25) is 0 Å². The Bertz CT molecular complexity index is 1070. The van der Waals surface area contributed by atoms with Gasteiger partial charge in [-0.15, -0.1) is 0 Å². The predicted octanol–water partition coefficient (Wildman–Crippen LogP) is 5.41. The van der Waals surface area contributed by atoms with E-state index >= 15 is 0 Å². The SMILES string of the molecule is Cc1ccc([C@H]2C[C@H](C(F)(F)F)n3ncc(C(=O)Nc4ccccc4C)c3N2)cc1. The molecule has 8 heteroatoms. The molecule has 0 unspecified atom stereocenters. The van der Waals surface area contributed by atoms with Crippen LogP contribution in [0.1, 0.15) is 45.6 Å². The van der Waals surface area contributed by atoms with Gasteiger partial charge in [-0.05, 0) is 31.0 Å². The number of fused-ring (bicyclic) bond motifs is 1. The molecule has 1 amide bonds. The first kappa shape index (κ1) is 20.0. The number of rotatable bonds is 3. The molecule has 0 saturated carbocycles. The molecule has 0 saturated heterocycles. The van der Waals surface area contributed by atoms with Crippen molar-refractivity contribution < 1.29 is 18.0 Å². The third-order valence-electron chi connectivity index (χ3n) is 5.36. The van der Waals surface area contributed by atoms with Gasteiger partial charge < -0.3 is 10.6 Å². The maximum Gasteiger partial charge on any atom is 0.410 e. The monoisotopic (exact) mass is 414 g/mol. The average molecular weight is 414 g/mol. The quantitative estimate of drug-likeness (QED) is 0.602. The van der Waals surface area contributed by atoms with Gasteiger partial charge in [-0.3, -0.25) is 4.79 Å². The molecule has 3 aromatic rings. The molecule has 156 valence electrons. The number of para-hydroxylation sites is 1. The molecule has 2 heterocycles. The summed E-state index contributed by atoms with van der Waals surface area (Å²) in [5, 5.41) is 9.77. The molecule has 0 fully saturated rings. The van der Waals surface area contributed by atoms with Gasteiger partial charge in [0.25, 0.3) is 5.91 Å². The molecule has 1 aliphatic heterocycles. The first-order chi connectivity index (χ1) is 14.2. The number of amides is 1. The molecular weight excluding hydrogens is 393 g/mol. The van der Waals surface area contributed by atoms with Crippen LogP contribution >= 0.6 is 0 Å². The Morgan fingerprint density at radius 1 is 1.13 bits per heavy atom. The lowest BCUT2D eigenvalue weighted by Gasteiger charge is -2.34. The van der Waals surface area contributed by atoms with Gasteiger partial charge >= 0.3 is 6.18 Å². The van der Waals surface area contributed by atoms with Crippen LogP contribution in [0.4, 0.5) is 24.7 Å². The van der Waals surface area contributed by atoms with Gasteiger partial charge in [-0.25, -0.2) is 4.68 Å². The summed E-state index contributed by atoms with van der Waals surface area (Å²) >= 11 is 0. The van der Waals surface area contributed by atoms with Gasteiger partial charge in [-0.1, -0.05) is 48.0 Å². The first-order valence-electron chi connectivity index (χ1n) is 9.58. The van der Waals surface area contributed by atoms with E-state index in [0.717, 1.165) is 21.4 Å². The smallest absolute Gasteiger partial charge is 0.363 e. The molecule has 4 rings (SSSR count). The number of aryl methyl sites for hydroxylation is 2. The number of carbonyl (C=O) groups excluding carboxylic acids is 1. The minimum atomic E-state index is -4.49. The van der Waals surface area contributed by atoms with Gasteiger partial charge in [0.05, 0.1) is 12.2 Å². The van der Waals surface area contributed by atoms with E-state index in [4.69, 9.17) is 0 Å². The third kappa shape index (κ3) is 3.77. The summed E-state index contributed by atoms with van der Waals surface area (Å²) in [6.45, 7) is 3.76. The zero-order valence-corrected chi connectivity index (χ0v) is 16.5. The van der Waals surface area contributed by atoms with Crippen LogP contribution in [0.3, 0.4) is 0 Å². The number of carbonyl (C=O) groups is 1. The standard InChI is InChI=1S/C22H21F3N4O/c1-13-7-9-15(10-8-13)18-11-19(22(23,24)25)29-20(27-18)16(12-26-29)21(30)28-17-6-4-3-5-14(17)2/h3-10,12,18-19,27H,11H2,1-2H3,(H,28,30)/t18-,19-/m1/s1. The fourth-order valence-electron chi connectivity index (χ4n) is 3.65. The number of aromatic nitrogens is 2. The number of alkyl halides is 3. The van der Waals surface area contributed by atoms with Crippen molar-refractivity contribution in [1.82, 2.24) is 9.78 Å². The summed E-state index contributed by atoms with van der Waals surface area (Å²) in [6.07, 6.45) is -3.51. The zero-order valence-electron chi connectivity index (χ0n) is 16.5. The van der Waals surface area contributed by atoms with Gasteiger partial charge in [0.15, 0.2) is 6.04 Å². The number of hydrogen-bond acceptors (Lipinski definition) is 3. The molecule has 2 aromatic carbocycles. The Morgan fingerprint density at radius 3 is 2.50 bits per heavy atom. The number of halogens is 3. The summed E-state index contributed by atoms with van der Waals surface area (Å²) in [5.41, 5.74) is 3.27. The first-order valence-corrected chi connectivity index (χ1v) is 9.58. The second kappa shape index (κ2) is 7.51. The minimum Gasteiger partial charge on any atom is -0.363 e.